The molecule has 1 aliphatic heterocycles. The molecular formula is C17H11ClF5N3O3. The van der Waals surface area contributed by atoms with E-state index in [1.165, 1.54) is 23.1 Å². The number of hydrogen-bond acceptors (Lipinski definition) is 4. The lowest BCUT2D eigenvalue weighted by atomic mass is 10.1. The molecule has 1 heterocycles. The monoisotopic (exact) mass is 435 g/mol. The lowest BCUT2D eigenvalue weighted by Gasteiger charge is -2.36. The van der Waals surface area contributed by atoms with Crippen LogP contribution in [0.5, 0.6) is 0 Å². The van der Waals surface area contributed by atoms with E-state index in [4.69, 9.17) is 11.6 Å². The molecule has 0 N–H and O–H groups in total. The highest BCUT2D eigenvalue weighted by molar-refractivity contribution is 6.33. The van der Waals surface area contributed by atoms with E-state index in [0.29, 0.717) is 0 Å². The van der Waals surface area contributed by atoms with Crippen LogP contribution in [0.1, 0.15) is 10.4 Å². The molecule has 2 aromatic carbocycles. The molecule has 154 valence electrons. The summed E-state index contributed by atoms with van der Waals surface area (Å²) in [6, 6.07) is 4.08. The van der Waals surface area contributed by atoms with Crippen LogP contribution in [0, 0.1) is 39.2 Å². The van der Waals surface area contributed by atoms with Crippen LogP contribution in [0.2, 0.25) is 5.02 Å². The van der Waals surface area contributed by atoms with Crippen molar-refractivity contribution in [3.8, 4) is 0 Å². The highest BCUT2D eigenvalue weighted by Gasteiger charge is 2.34. The highest BCUT2D eigenvalue weighted by atomic mass is 35.5. The number of halogens is 6. The van der Waals surface area contributed by atoms with Crippen LogP contribution in [-0.4, -0.2) is 41.9 Å². The minimum atomic E-state index is -2.35. The Morgan fingerprint density at radius 1 is 0.931 bits per heavy atom. The third kappa shape index (κ3) is 3.57. The number of carbonyl (C=O) groups excluding carboxylic acids is 1. The van der Waals surface area contributed by atoms with Crippen molar-refractivity contribution in [1.82, 2.24) is 4.90 Å². The average Bonchev–Trinajstić information content (AvgIpc) is 2.70. The lowest BCUT2D eigenvalue weighted by Crippen LogP contribution is -2.49. The molecule has 0 bridgehead atoms. The molecule has 1 amide bonds. The average molecular weight is 436 g/mol. The van der Waals surface area contributed by atoms with E-state index in [1.807, 2.05) is 0 Å². The Kier molecular flexibility index (Phi) is 5.60. The summed E-state index contributed by atoms with van der Waals surface area (Å²) in [6.45, 7) is -0.376. The van der Waals surface area contributed by atoms with Crippen molar-refractivity contribution < 1.29 is 31.7 Å². The first-order valence-corrected chi connectivity index (χ1v) is 8.51. The minimum absolute atomic E-state index is 0.00822. The van der Waals surface area contributed by atoms with Crippen molar-refractivity contribution in [3.05, 3.63) is 68.0 Å². The van der Waals surface area contributed by atoms with Gasteiger partial charge in [-0.15, -0.1) is 0 Å². The summed E-state index contributed by atoms with van der Waals surface area (Å²) < 4.78 is 67.6. The molecule has 0 aromatic heterocycles. The summed E-state index contributed by atoms with van der Waals surface area (Å²) in [5.74, 6) is -12.6. The normalized spacial score (nSPS) is 14.3. The maximum absolute atomic E-state index is 13.9. The number of para-hydroxylation sites is 1. The number of anilines is 1. The number of piperazine rings is 1. The van der Waals surface area contributed by atoms with E-state index in [9.17, 15) is 36.9 Å². The smallest absolute Gasteiger partial charge is 0.294 e. The molecule has 2 aromatic rings. The molecule has 0 aliphatic carbocycles. The quantitative estimate of drug-likeness (QED) is 0.241. The predicted octanol–water partition coefficient (Wildman–Crippen LogP) is 3.91. The molecule has 29 heavy (non-hydrogen) atoms. The number of rotatable bonds is 3. The zero-order valence-corrected chi connectivity index (χ0v) is 15.2. The molecule has 3 rings (SSSR count). The fourth-order valence-electron chi connectivity index (χ4n) is 3.05. The Balaban J connectivity index is 1.85. The van der Waals surface area contributed by atoms with Gasteiger partial charge in [-0.1, -0.05) is 17.7 Å². The van der Waals surface area contributed by atoms with Crippen LogP contribution >= 0.6 is 11.6 Å². The van der Waals surface area contributed by atoms with Gasteiger partial charge in [-0.3, -0.25) is 14.9 Å². The third-order valence-corrected chi connectivity index (χ3v) is 4.77. The number of benzene rings is 2. The van der Waals surface area contributed by atoms with Crippen LogP contribution in [0.4, 0.5) is 33.3 Å². The molecule has 1 fully saturated rings. The van der Waals surface area contributed by atoms with Gasteiger partial charge in [0, 0.05) is 32.2 Å². The topological polar surface area (TPSA) is 66.7 Å². The molecule has 6 nitrogen and oxygen atoms in total. The first-order chi connectivity index (χ1) is 13.6. The van der Waals surface area contributed by atoms with Gasteiger partial charge in [-0.25, -0.2) is 22.0 Å². The number of carbonyl (C=O) groups is 1. The third-order valence-electron chi connectivity index (χ3n) is 4.47. The Labute approximate surface area is 165 Å². The number of nitro benzene ring substituents is 1. The second kappa shape index (κ2) is 7.82. The van der Waals surface area contributed by atoms with Crippen LogP contribution < -0.4 is 4.90 Å². The second-order valence-electron chi connectivity index (χ2n) is 6.09. The zero-order valence-electron chi connectivity index (χ0n) is 14.4. The Morgan fingerprint density at radius 2 is 1.45 bits per heavy atom. The fraction of sp³-hybridized carbons (Fsp3) is 0.235. The Hall–Kier alpha value is -2.95. The summed E-state index contributed by atoms with van der Waals surface area (Å²) in [6.07, 6.45) is 0. The first-order valence-electron chi connectivity index (χ1n) is 8.13. The van der Waals surface area contributed by atoms with Crippen molar-refractivity contribution in [2.45, 2.75) is 0 Å². The van der Waals surface area contributed by atoms with Gasteiger partial charge in [0.05, 0.1) is 9.95 Å². The zero-order chi connectivity index (χ0) is 21.5. The number of hydrogen-bond donors (Lipinski definition) is 0. The fourth-order valence-corrected chi connectivity index (χ4v) is 3.34. The van der Waals surface area contributed by atoms with E-state index in [2.05, 4.69) is 0 Å². The molecule has 0 unspecified atom stereocenters. The van der Waals surface area contributed by atoms with Crippen molar-refractivity contribution in [2.24, 2.45) is 0 Å². The summed E-state index contributed by atoms with van der Waals surface area (Å²) >= 11 is 6.05. The standard InChI is InChI=1S/C17H11ClF5N3O3/c18-8-2-1-3-9(26(28)29)16(8)24-4-6-25(7-5-24)17(27)10-11(19)13(21)15(23)14(22)12(10)20/h1-3H,4-7H2. The Bertz CT molecular complexity index is 983. The van der Waals surface area contributed by atoms with Gasteiger partial charge in [0.2, 0.25) is 5.82 Å². The van der Waals surface area contributed by atoms with E-state index in [0.717, 1.165) is 4.90 Å². The second-order valence-corrected chi connectivity index (χ2v) is 6.50. The van der Waals surface area contributed by atoms with Gasteiger partial charge >= 0.3 is 0 Å². The maximum atomic E-state index is 13.9. The number of nitro groups is 1. The Morgan fingerprint density at radius 3 is 1.97 bits per heavy atom. The predicted molar refractivity (Wildman–Crippen MR) is 92.5 cm³/mol. The van der Waals surface area contributed by atoms with Crippen molar-refractivity contribution >= 4 is 28.9 Å². The van der Waals surface area contributed by atoms with E-state index >= 15 is 0 Å². The van der Waals surface area contributed by atoms with Crippen LogP contribution in [0.25, 0.3) is 0 Å². The first kappa shape index (κ1) is 20.8. The van der Waals surface area contributed by atoms with Crippen molar-refractivity contribution in [3.63, 3.8) is 0 Å². The molecule has 12 heteroatoms. The number of amides is 1. The molecule has 0 radical (unpaired) electrons. The minimum Gasteiger partial charge on any atom is -0.361 e. The summed E-state index contributed by atoms with van der Waals surface area (Å²) in [5, 5.41) is 11.3. The van der Waals surface area contributed by atoms with Gasteiger partial charge in [0.15, 0.2) is 23.3 Å². The van der Waals surface area contributed by atoms with Gasteiger partial charge in [-0.2, -0.15) is 0 Å². The van der Waals surface area contributed by atoms with Crippen LogP contribution in [0.15, 0.2) is 18.2 Å². The SMILES string of the molecule is O=C(c1c(F)c(F)c(F)c(F)c1F)N1CCN(c2c(Cl)cccc2[N+](=O)[O-])CC1. The summed E-state index contributed by atoms with van der Waals surface area (Å²) in [5.41, 5.74) is -1.70. The largest absolute Gasteiger partial charge is 0.361 e. The molecular weight excluding hydrogens is 425 g/mol. The number of nitrogens with zero attached hydrogens (tertiary/aromatic N) is 3. The maximum Gasteiger partial charge on any atom is 0.294 e. The summed E-state index contributed by atoms with van der Waals surface area (Å²) in [7, 11) is 0. The van der Waals surface area contributed by atoms with E-state index in [1.54, 1.807) is 0 Å². The molecule has 0 atom stereocenters. The van der Waals surface area contributed by atoms with E-state index in [-0.39, 0.29) is 42.6 Å². The van der Waals surface area contributed by atoms with Crippen LogP contribution in [0.3, 0.4) is 0 Å². The van der Waals surface area contributed by atoms with Crippen molar-refractivity contribution in [1.29, 1.82) is 0 Å². The van der Waals surface area contributed by atoms with Gasteiger partial charge in [0.25, 0.3) is 11.6 Å². The molecule has 1 aliphatic rings. The molecule has 1 saturated heterocycles. The molecule has 0 saturated carbocycles. The lowest BCUT2D eigenvalue weighted by molar-refractivity contribution is -0.384. The van der Waals surface area contributed by atoms with Gasteiger partial charge < -0.3 is 9.80 Å². The van der Waals surface area contributed by atoms with Gasteiger partial charge in [-0.05, 0) is 6.07 Å². The van der Waals surface area contributed by atoms with Gasteiger partial charge in [0.1, 0.15) is 11.3 Å². The van der Waals surface area contributed by atoms with Crippen LogP contribution in [-0.2, 0) is 0 Å². The van der Waals surface area contributed by atoms with Crippen molar-refractivity contribution in [2.75, 3.05) is 31.1 Å². The molecule has 0 spiro atoms. The van der Waals surface area contributed by atoms with E-state index < -0.39 is 45.5 Å². The summed E-state index contributed by atoms with van der Waals surface area (Å²) in [4.78, 5) is 25.4. The highest BCUT2D eigenvalue weighted by Crippen LogP contribution is 2.36.